The Morgan fingerprint density at radius 1 is 1.14 bits per heavy atom. The van der Waals surface area contributed by atoms with Crippen LogP contribution in [0.5, 0.6) is 5.75 Å². The van der Waals surface area contributed by atoms with Gasteiger partial charge in [-0.2, -0.15) is 0 Å². The van der Waals surface area contributed by atoms with Gasteiger partial charge in [0.25, 0.3) is 5.91 Å². The Labute approximate surface area is 176 Å². The summed E-state index contributed by atoms with van der Waals surface area (Å²) in [7, 11) is 1.18. The quantitative estimate of drug-likeness (QED) is 0.426. The van der Waals surface area contributed by atoms with E-state index in [0.29, 0.717) is 21.4 Å². The van der Waals surface area contributed by atoms with Gasteiger partial charge in [0.2, 0.25) is 0 Å². The molecule has 3 amide bonds. The number of imide groups is 1. The van der Waals surface area contributed by atoms with Crippen LogP contribution in [0.25, 0.3) is 6.08 Å². The molecule has 0 bridgehead atoms. The van der Waals surface area contributed by atoms with Gasteiger partial charge < -0.3 is 14.8 Å². The summed E-state index contributed by atoms with van der Waals surface area (Å²) in [6.45, 7) is -0.175. The lowest BCUT2D eigenvalue weighted by Gasteiger charge is -2.09. The van der Waals surface area contributed by atoms with Crippen LogP contribution in [-0.2, 0) is 20.9 Å². The summed E-state index contributed by atoms with van der Waals surface area (Å²) in [4.78, 5) is 36.2. The zero-order valence-electron chi connectivity index (χ0n) is 15.3. The van der Waals surface area contributed by atoms with Crippen molar-refractivity contribution in [3.8, 4) is 5.75 Å². The maximum absolute atomic E-state index is 12.3. The number of ether oxygens (including phenoxy) is 2. The molecule has 7 nitrogen and oxygen atoms in total. The van der Waals surface area contributed by atoms with E-state index in [9.17, 15) is 14.4 Å². The molecule has 0 saturated carbocycles. The van der Waals surface area contributed by atoms with Crippen molar-refractivity contribution in [1.82, 2.24) is 10.2 Å². The first-order chi connectivity index (χ1) is 13.9. The number of carbonyl (C=O) groups is 3. The third-order valence-corrected chi connectivity index (χ3v) is 4.66. The molecule has 0 unspecified atom stereocenters. The van der Waals surface area contributed by atoms with Gasteiger partial charge in [-0.15, -0.1) is 0 Å². The molecule has 1 N–H and O–H groups in total. The van der Waals surface area contributed by atoms with E-state index < -0.39 is 24.5 Å². The Morgan fingerprint density at radius 3 is 2.52 bits per heavy atom. The van der Waals surface area contributed by atoms with E-state index in [1.54, 1.807) is 42.5 Å². The molecule has 2 aromatic rings. The minimum atomic E-state index is -0.683. The third kappa shape index (κ3) is 5.07. The van der Waals surface area contributed by atoms with E-state index in [2.05, 4.69) is 10.1 Å². The minimum Gasteiger partial charge on any atom is -0.489 e. The summed E-state index contributed by atoms with van der Waals surface area (Å²) in [6.07, 6.45) is 1.51. The van der Waals surface area contributed by atoms with Gasteiger partial charge in [0, 0.05) is 15.6 Å². The zero-order valence-corrected chi connectivity index (χ0v) is 16.8. The lowest BCUT2D eigenvalue weighted by molar-refractivity contribution is -0.143. The van der Waals surface area contributed by atoms with Crippen molar-refractivity contribution < 1.29 is 23.9 Å². The summed E-state index contributed by atoms with van der Waals surface area (Å²) in [5.74, 6) is -0.678. The van der Waals surface area contributed by atoms with Crippen LogP contribution in [0.1, 0.15) is 11.1 Å². The minimum absolute atomic E-state index is 0.0699. The SMILES string of the molecule is COC(=O)CN1C(=O)N/C(=C/c2ccc(OCc3ccc(Cl)cc3Cl)cc2)C1=O. The van der Waals surface area contributed by atoms with Gasteiger partial charge in [0.1, 0.15) is 24.6 Å². The summed E-state index contributed by atoms with van der Waals surface area (Å²) >= 11 is 12.0. The maximum atomic E-state index is 12.3. The number of methoxy groups -OCH3 is 1. The number of hydrogen-bond acceptors (Lipinski definition) is 5. The summed E-state index contributed by atoms with van der Waals surface area (Å²) in [5, 5.41) is 3.51. The fourth-order valence-electron chi connectivity index (χ4n) is 2.54. The molecule has 0 radical (unpaired) electrons. The third-order valence-electron chi connectivity index (χ3n) is 4.08. The van der Waals surface area contributed by atoms with E-state index >= 15 is 0 Å². The van der Waals surface area contributed by atoms with Crippen molar-refractivity contribution in [2.75, 3.05) is 13.7 Å². The number of nitrogens with zero attached hydrogens (tertiary/aromatic N) is 1. The number of rotatable bonds is 6. The second-order valence-electron chi connectivity index (χ2n) is 6.05. The van der Waals surface area contributed by atoms with Gasteiger partial charge in [0.15, 0.2) is 0 Å². The first-order valence-electron chi connectivity index (χ1n) is 8.45. The Balaban J connectivity index is 1.65. The highest BCUT2D eigenvalue weighted by molar-refractivity contribution is 6.35. The van der Waals surface area contributed by atoms with E-state index in [1.807, 2.05) is 0 Å². The topological polar surface area (TPSA) is 84.9 Å². The standard InChI is InChI=1S/C20H16Cl2N2O5/c1-28-18(25)10-24-19(26)17(23-20(24)27)8-12-2-6-15(7-3-12)29-11-13-4-5-14(21)9-16(13)22/h2-9H,10-11H2,1H3,(H,23,27)/b17-8+. The number of carbonyl (C=O) groups excluding carboxylic acids is 3. The molecular weight excluding hydrogens is 419 g/mol. The highest BCUT2D eigenvalue weighted by atomic mass is 35.5. The number of hydrogen-bond donors (Lipinski definition) is 1. The molecule has 0 aromatic heterocycles. The van der Waals surface area contributed by atoms with E-state index in [1.165, 1.54) is 13.2 Å². The molecule has 1 aliphatic heterocycles. The Hall–Kier alpha value is -3.03. The van der Waals surface area contributed by atoms with Crippen molar-refractivity contribution >= 4 is 47.2 Å². The van der Waals surface area contributed by atoms with Gasteiger partial charge in [-0.1, -0.05) is 41.4 Å². The maximum Gasteiger partial charge on any atom is 0.329 e. The number of benzene rings is 2. The molecule has 2 aromatic carbocycles. The largest absolute Gasteiger partial charge is 0.489 e. The van der Waals surface area contributed by atoms with Crippen LogP contribution in [0.3, 0.4) is 0 Å². The van der Waals surface area contributed by atoms with Crippen LogP contribution >= 0.6 is 23.2 Å². The van der Waals surface area contributed by atoms with Crippen molar-refractivity contribution in [3.63, 3.8) is 0 Å². The van der Waals surface area contributed by atoms with Crippen LogP contribution in [0, 0.1) is 0 Å². The number of amides is 3. The van der Waals surface area contributed by atoms with Crippen molar-refractivity contribution in [2.24, 2.45) is 0 Å². The molecule has 150 valence electrons. The zero-order chi connectivity index (χ0) is 21.0. The van der Waals surface area contributed by atoms with Gasteiger partial charge in [-0.3, -0.25) is 9.59 Å². The average Bonchev–Trinajstić information content (AvgIpc) is 2.95. The first-order valence-corrected chi connectivity index (χ1v) is 9.21. The predicted octanol–water partition coefficient (Wildman–Crippen LogP) is 3.64. The van der Waals surface area contributed by atoms with Crippen molar-refractivity contribution in [3.05, 3.63) is 69.3 Å². The number of nitrogens with one attached hydrogen (secondary N) is 1. The van der Waals surface area contributed by atoms with Crippen LogP contribution in [-0.4, -0.2) is 36.5 Å². The lowest BCUT2D eigenvalue weighted by Crippen LogP contribution is -2.36. The summed E-state index contributed by atoms with van der Waals surface area (Å²) < 4.78 is 10.2. The molecule has 29 heavy (non-hydrogen) atoms. The fourth-order valence-corrected chi connectivity index (χ4v) is 3.00. The molecule has 1 saturated heterocycles. The molecule has 9 heteroatoms. The highest BCUT2D eigenvalue weighted by Gasteiger charge is 2.35. The Kier molecular flexibility index (Phi) is 6.41. The van der Waals surface area contributed by atoms with Gasteiger partial charge in [-0.05, 0) is 35.9 Å². The first kappa shape index (κ1) is 20.7. The van der Waals surface area contributed by atoms with E-state index in [0.717, 1.165) is 10.5 Å². The molecule has 0 spiro atoms. The van der Waals surface area contributed by atoms with Crippen LogP contribution in [0.2, 0.25) is 10.0 Å². The van der Waals surface area contributed by atoms with Crippen LogP contribution in [0.15, 0.2) is 48.2 Å². The number of esters is 1. The summed E-state index contributed by atoms with van der Waals surface area (Å²) in [6, 6.07) is 11.4. The van der Waals surface area contributed by atoms with Crippen LogP contribution < -0.4 is 10.1 Å². The molecule has 0 atom stereocenters. The molecule has 0 aliphatic carbocycles. The normalized spacial score (nSPS) is 14.9. The summed E-state index contributed by atoms with van der Waals surface area (Å²) in [5.41, 5.74) is 1.54. The van der Waals surface area contributed by atoms with Gasteiger partial charge in [-0.25, -0.2) is 9.69 Å². The Bertz CT molecular complexity index is 989. The second-order valence-corrected chi connectivity index (χ2v) is 6.89. The monoisotopic (exact) mass is 434 g/mol. The van der Waals surface area contributed by atoms with E-state index in [4.69, 9.17) is 27.9 Å². The van der Waals surface area contributed by atoms with Gasteiger partial charge >= 0.3 is 12.0 Å². The fraction of sp³-hybridized carbons (Fsp3) is 0.150. The van der Waals surface area contributed by atoms with E-state index in [-0.39, 0.29) is 12.3 Å². The Morgan fingerprint density at radius 2 is 1.86 bits per heavy atom. The molecule has 3 rings (SSSR count). The molecule has 1 aliphatic rings. The van der Waals surface area contributed by atoms with Crippen molar-refractivity contribution in [2.45, 2.75) is 6.61 Å². The highest BCUT2D eigenvalue weighted by Crippen LogP contribution is 2.23. The lowest BCUT2D eigenvalue weighted by atomic mass is 10.2. The van der Waals surface area contributed by atoms with Gasteiger partial charge in [0.05, 0.1) is 7.11 Å². The van der Waals surface area contributed by atoms with Crippen molar-refractivity contribution in [1.29, 1.82) is 0 Å². The second kappa shape index (κ2) is 8.98. The number of halogens is 2. The molecule has 1 fully saturated rings. The molecular formula is C20H16Cl2N2O5. The smallest absolute Gasteiger partial charge is 0.329 e. The number of urea groups is 1. The average molecular weight is 435 g/mol. The predicted molar refractivity (Wildman–Crippen MR) is 107 cm³/mol. The molecule has 1 heterocycles. The van der Waals surface area contributed by atoms with Crippen LogP contribution in [0.4, 0.5) is 4.79 Å².